The number of morpholine rings is 1. The third-order valence-corrected chi connectivity index (χ3v) is 4.06. The topological polar surface area (TPSA) is 24.5 Å². The van der Waals surface area contributed by atoms with Gasteiger partial charge in [0.25, 0.3) is 0 Å². The molecule has 0 amide bonds. The third-order valence-electron chi connectivity index (χ3n) is 4.06. The fourth-order valence-electron chi connectivity index (χ4n) is 2.99. The molecule has 1 fully saturated rings. The SMILES string of the molecule is c1ccc2c(c1)CCC2NCCN1CCOCC1. The van der Waals surface area contributed by atoms with Crippen LogP contribution in [0.3, 0.4) is 0 Å². The Bertz CT molecular complexity index is 388. The van der Waals surface area contributed by atoms with Crippen LogP contribution in [0, 0.1) is 0 Å². The first kappa shape index (κ1) is 12.2. The Balaban J connectivity index is 1.47. The monoisotopic (exact) mass is 246 g/mol. The zero-order chi connectivity index (χ0) is 12.2. The highest BCUT2D eigenvalue weighted by atomic mass is 16.5. The lowest BCUT2D eigenvalue weighted by Gasteiger charge is -2.27. The van der Waals surface area contributed by atoms with Crippen LogP contribution in [0.4, 0.5) is 0 Å². The highest BCUT2D eigenvalue weighted by Gasteiger charge is 2.21. The highest BCUT2D eigenvalue weighted by Crippen LogP contribution is 2.30. The van der Waals surface area contributed by atoms with E-state index >= 15 is 0 Å². The van der Waals surface area contributed by atoms with E-state index < -0.39 is 0 Å². The number of nitrogens with one attached hydrogen (secondary N) is 1. The number of aryl methyl sites for hydroxylation is 1. The minimum Gasteiger partial charge on any atom is -0.379 e. The molecule has 1 aliphatic heterocycles. The summed E-state index contributed by atoms with van der Waals surface area (Å²) in [6.07, 6.45) is 2.48. The van der Waals surface area contributed by atoms with E-state index in [0.29, 0.717) is 6.04 Å². The van der Waals surface area contributed by atoms with Crippen LogP contribution >= 0.6 is 0 Å². The van der Waals surface area contributed by atoms with Crippen molar-refractivity contribution in [3.8, 4) is 0 Å². The molecule has 3 heteroatoms. The van der Waals surface area contributed by atoms with Crippen molar-refractivity contribution in [2.24, 2.45) is 0 Å². The van der Waals surface area contributed by atoms with Crippen LogP contribution in [0.2, 0.25) is 0 Å². The molecule has 3 rings (SSSR count). The maximum atomic E-state index is 5.36. The maximum absolute atomic E-state index is 5.36. The van der Waals surface area contributed by atoms with Gasteiger partial charge in [-0.25, -0.2) is 0 Å². The number of hydrogen-bond acceptors (Lipinski definition) is 3. The second kappa shape index (κ2) is 5.83. The predicted molar refractivity (Wildman–Crippen MR) is 72.8 cm³/mol. The van der Waals surface area contributed by atoms with Crippen LogP contribution in [0.25, 0.3) is 0 Å². The largest absolute Gasteiger partial charge is 0.379 e. The van der Waals surface area contributed by atoms with Gasteiger partial charge in [-0.3, -0.25) is 4.90 Å². The molecule has 2 aliphatic rings. The molecule has 1 heterocycles. The Kier molecular flexibility index (Phi) is 3.93. The molecule has 0 spiro atoms. The molecule has 1 aliphatic carbocycles. The van der Waals surface area contributed by atoms with E-state index in [1.165, 1.54) is 24.0 Å². The van der Waals surface area contributed by atoms with Gasteiger partial charge in [0.15, 0.2) is 0 Å². The van der Waals surface area contributed by atoms with E-state index in [2.05, 4.69) is 34.5 Å². The van der Waals surface area contributed by atoms with Gasteiger partial charge in [0.1, 0.15) is 0 Å². The number of benzene rings is 1. The van der Waals surface area contributed by atoms with Gasteiger partial charge in [0.05, 0.1) is 13.2 Å². The standard InChI is InChI=1S/C15H22N2O/c1-2-4-14-13(3-1)5-6-15(14)16-7-8-17-9-11-18-12-10-17/h1-4,15-16H,5-12H2. The zero-order valence-corrected chi connectivity index (χ0v) is 10.9. The summed E-state index contributed by atoms with van der Waals surface area (Å²) in [6.45, 7) is 6.19. The van der Waals surface area contributed by atoms with Crippen LogP contribution in [0.15, 0.2) is 24.3 Å². The summed E-state index contributed by atoms with van der Waals surface area (Å²) in [6, 6.07) is 9.41. The average Bonchev–Trinajstić information content (AvgIpc) is 2.84. The van der Waals surface area contributed by atoms with E-state index in [1.807, 2.05) is 0 Å². The molecular formula is C15H22N2O. The smallest absolute Gasteiger partial charge is 0.0594 e. The Morgan fingerprint density at radius 1 is 1.22 bits per heavy atom. The fourth-order valence-corrected chi connectivity index (χ4v) is 2.99. The normalized spacial score (nSPS) is 24.1. The molecule has 98 valence electrons. The van der Waals surface area contributed by atoms with Crippen molar-refractivity contribution in [1.29, 1.82) is 0 Å². The summed E-state index contributed by atoms with van der Waals surface area (Å²) in [5.41, 5.74) is 3.04. The van der Waals surface area contributed by atoms with E-state index in [4.69, 9.17) is 4.74 Å². The first-order chi connectivity index (χ1) is 8.93. The Morgan fingerprint density at radius 3 is 2.94 bits per heavy atom. The number of rotatable bonds is 4. The van der Waals surface area contributed by atoms with Gasteiger partial charge in [-0.15, -0.1) is 0 Å². The lowest BCUT2D eigenvalue weighted by atomic mass is 10.1. The van der Waals surface area contributed by atoms with Gasteiger partial charge in [0.2, 0.25) is 0 Å². The molecule has 1 aromatic rings. The first-order valence-corrected chi connectivity index (χ1v) is 7.05. The minimum atomic E-state index is 0.572. The molecule has 0 bridgehead atoms. The van der Waals surface area contributed by atoms with Gasteiger partial charge in [-0.2, -0.15) is 0 Å². The Labute approximate surface area is 109 Å². The van der Waals surface area contributed by atoms with Gasteiger partial charge in [-0.05, 0) is 24.0 Å². The fraction of sp³-hybridized carbons (Fsp3) is 0.600. The summed E-state index contributed by atoms with van der Waals surface area (Å²) >= 11 is 0. The number of ether oxygens (including phenoxy) is 1. The van der Waals surface area contributed by atoms with E-state index in [-0.39, 0.29) is 0 Å². The quantitative estimate of drug-likeness (QED) is 0.873. The summed E-state index contributed by atoms with van der Waals surface area (Å²) in [7, 11) is 0. The van der Waals surface area contributed by atoms with Crippen LogP contribution in [-0.4, -0.2) is 44.3 Å². The van der Waals surface area contributed by atoms with Crippen molar-refractivity contribution >= 4 is 0 Å². The summed E-state index contributed by atoms with van der Waals surface area (Å²) in [5, 5.41) is 3.70. The minimum absolute atomic E-state index is 0.572. The van der Waals surface area contributed by atoms with Gasteiger partial charge in [-0.1, -0.05) is 24.3 Å². The van der Waals surface area contributed by atoms with Crippen LogP contribution in [0.5, 0.6) is 0 Å². The summed E-state index contributed by atoms with van der Waals surface area (Å²) < 4.78 is 5.36. The van der Waals surface area contributed by atoms with Gasteiger partial charge >= 0.3 is 0 Å². The lowest BCUT2D eigenvalue weighted by Crippen LogP contribution is -2.40. The van der Waals surface area contributed by atoms with Crippen LogP contribution < -0.4 is 5.32 Å². The third kappa shape index (κ3) is 2.74. The predicted octanol–water partition coefficient (Wildman–Crippen LogP) is 1.60. The summed E-state index contributed by atoms with van der Waals surface area (Å²) in [4.78, 5) is 2.48. The summed E-state index contributed by atoms with van der Waals surface area (Å²) in [5.74, 6) is 0. The highest BCUT2D eigenvalue weighted by molar-refractivity contribution is 5.34. The number of fused-ring (bicyclic) bond motifs is 1. The van der Waals surface area contributed by atoms with Crippen molar-refractivity contribution in [2.75, 3.05) is 39.4 Å². The van der Waals surface area contributed by atoms with Crippen molar-refractivity contribution < 1.29 is 4.74 Å². The molecule has 0 saturated carbocycles. The number of nitrogens with zero attached hydrogens (tertiary/aromatic N) is 1. The van der Waals surface area contributed by atoms with Crippen molar-refractivity contribution in [3.63, 3.8) is 0 Å². The second-order valence-corrected chi connectivity index (χ2v) is 5.20. The van der Waals surface area contributed by atoms with Crippen molar-refractivity contribution in [3.05, 3.63) is 35.4 Å². The molecule has 0 aromatic heterocycles. The van der Waals surface area contributed by atoms with E-state index in [0.717, 1.165) is 39.4 Å². The van der Waals surface area contributed by atoms with E-state index in [1.54, 1.807) is 0 Å². The molecule has 0 radical (unpaired) electrons. The number of hydrogen-bond donors (Lipinski definition) is 1. The van der Waals surface area contributed by atoms with Crippen molar-refractivity contribution in [2.45, 2.75) is 18.9 Å². The Morgan fingerprint density at radius 2 is 2.06 bits per heavy atom. The van der Waals surface area contributed by atoms with Crippen LogP contribution in [0.1, 0.15) is 23.6 Å². The van der Waals surface area contributed by atoms with E-state index in [9.17, 15) is 0 Å². The second-order valence-electron chi connectivity index (χ2n) is 5.20. The molecule has 1 aromatic carbocycles. The first-order valence-electron chi connectivity index (χ1n) is 7.05. The molecule has 1 saturated heterocycles. The Hall–Kier alpha value is -0.900. The molecule has 1 atom stereocenters. The molecular weight excluding hydrogens is 224 g/mol. The average molecular weight is 246 g/mol. The van der Waals surface area contributed by atoms with Crippen molar-refractivity contribution in [1.82, 2.24) is 10.2 Å². The molecule has 1 N–H and O–H groups in total. The van der Waals surface area contributed by atoms with Crippen LogP contribution in [-0.2, 0) is 11.2 Å². The maximum Gasteiger partial charge on any atom is 0.0594 e. The van der Waals surface area contributed by atoms with Gasteiger partial charge in [0, 0.05) is 32.2 Å². The molecule has 18 heavy (non-hydrogen) atoms. The molecule has 3 nitrogen and oxygen atoms in total. The van der Waals surface area contributed by atoms with Gasteiger partial charge < -0.3 is 10.1 Å². The lowest BCUT2D eigenvalue weighted by molar-refractivity contribution is 0.0381. The molecule has 1 unspecified atom stereocenters. The zero-order valence-electron chi connectivity index (χ0n) is 10.9.